The van der Waals surface area contributed by atoms with E-state index in [1.54, 1.807) is 0 Å². The summed E-state index contributed by atoms with van der Waals surface area (Å²) < 4.78 is 2.14. The van der Waals surface area contributed by atoms with Crippen molar-refractivity contribution in [2.45, 2.75) is 45.2 Å². The van der Waals surface area contributed by atoms with Crippen LogP contribution in [-0.2, 0) is 12.1 Å². The van der Waals surface area contributed by atoms with Gasteiger partial charge in [-0.05, 0) is 38.8 Å². The largest absolute Gasteiger partial charge is 0.306 e. The van der Waals surface area contributed by atoms with Crippen molar-refractivity contribution in [3.05, 3.63) is 18.0 Å². The van der Waals surface area contributed by atoms with Crippen LogP contribution < -0.4 is 5.32 Å². The first-order valence-electron chi connectivity index (χ1n) is 5.53. The van der Waals surface area contributed by atoms with Gasteiger partial charge in [-0.15, -0.1) is 0 Å². The summed E-state index contributed by atoms with van der Waals surface area (Å²) in [4.78, 5) is 0. The second-order valence-electron chi connectivity index (χ2n) is 4.30. The Morgan fingerprint density at radius 3 is 3.14 bits per heavy atom. The maximum atomic E-state index is 4.37. The van der Waals surface area contributed by atoms with Gasteiger partial charge >= 0.3 is 0 Å². The van der Waals surface area contributed by atoms with E-state index in [1.165, 1.54) is 18.5 Å². The summed E-state index contributed by atoms with van der Waals surface area (Å²) in [7, 11) is 0. The lowest BCUT2D eigenvalue weighted by Gasteiger charge is -2.25. The summed E-state index contributed by atoms with van der Waals surface area (Å²) in [6.45, 7) is 6.63. The highest BCUT2D eigenvalue weighted by molar-refractivity contribution is 5.15. The molecule has 0 bridgehead atoms. The lowest BCUT2D eigenvalue weighted by Crippen LogP contribution is -2.35. The highest BCUT2D eigenvalue weighted by atomic mass is 15.3. The zero-order valence-electron chi connectivity index (χ0n) is 9.08. The minimum Gasteiger partial charge on any atom is -0.306 e. The Labute approximate surface area is 85.5 Å². The number of nitrogens with one attached hydrogen (secondary N) is 1. The molecular weight excluding hydrogens is 174 g/mol. The van der Waals surface area contributed by atoms with Crippen LogP contribution in [0.15, 0.2) is 12.3 Å². The molecular formula is C11H19N3. The summed E-state index contributed by atoms with van der Waals surface area (Å²) >= 11 is 0. The minimum atomic E-state index is 0.158. The van der Waals surface area contributed by atoms with Crippen LogP contribution >= 0.6 is 0 Å². The van der Waals surface area contributed by atoms with E-state index in [0.29, 0.717) is 0 Å². The van der Waals surface area contributed by atoms with Crippen molar-refractivity contribution in [1.29, 1.82) is 0 Å². The molecule has 1 atom stereocenters. The Bertz CT molecular complexity index is 297. The molecule has 1 aromatic rings. The van der Waals surface area contributed by atoms with Crippen molar-refractivity contribution in [3.63, 3.8) is 0 Å². The highest BCUT2D eigenvalue weighted by Crippen LogP contribution is 2.29. The second kappa shape index (κ2) is 3.73. The summed E-state index contributed by atoms with van der Waals surface area (Å²) in [5, 5.41) is 7.95. The van der Waals surface area contributed by atoms with Gasteiger partial charge in [0.2, 0.25) is 0 Å². The third kappa shape index (κ3) is 1.57. The van der Waals surface area contributed by atoms with Gasteiger partial charge in [0.25, 0.3) is 0 Å². The van der Waals surface area contributed by atoms with E-state index >= 15 is 0 Å². The molecule has 2 rings (SSSR count). The fourth-order valence-corrected chi connectivity index (χ4v) is 2.30. The summed E-state index contributed by atoms with van der Waals surface area (Å²) in [5.74, 6) is 0. The molecule has 14 heavy (non-hydrogen) atoms. The van der Waals surface area contributed by atoms with Crippen LogP contribution in [0.2, 0.25) is 0 Å². The molecule has 1 saturated heterocycles. The SMILES string of the molecule is CCCn1nccc1C1(C)CCCN1. The second-order valence-corrected chi connectivity index (χ2v) is 4.30. The maximum Gasteiger partial charge on any atom is 0.0582 e. The quantitative estimate of drug-likeness (QED) is 0.794. The van der Waals surface area contributed by atoms with E-state index in [4.69, 9.17) is 0 Å². The lowest BCUT2D eigenvalue weighted by atomic mass is 9.96. The topological polar surface area (TPSA) is 29.9 Å². The van der Waals surface area contributed by atoms with Crippen LogP contribution in [-0.4, -0.2) is 16.3 Å². The third-order valence-electron chi connectivity index (χ3n) is 3.09. The molecule has 1 aromatic heterocycles. The Hall–Kier alpha value is -0.830. The first-order chi connectivity index (χ1) is 6.76. The van der Waals surface area contributed by atoms with Gasteiger partial charge in [0.05, 0.1) is 11.2 Å². The number of hydrogen-bond acceptors (Lipinski definition) is 2. The van der Waals surface area contributed by atoms with Gasteiger partial charge in [0.1, 0.15) is 0 Å². The normalized spacial score (nSPS) is 27.0. The fraction of sp³-hybridized carbons (Fsp3) is 0.727. The Kier molecular flexibility index (Phi) is 2.59. The van der Waals surface area contributed by atoms with Crippen molar-refractivity contribution in [3.8, 4) is 0 Å². The van der Waals surface area contributed by atoms with Crippen molar-refractivity contribution in [2.24, 2.45) is 0 Å². The van der Waals surface area contributed by atoms with Gasteiger partial charge < -0.3 is 5.32 Å². The van der Waals surface area contributed by atoms with Gasteiger partial charge in [-0.2, -0.15) is 5.10 Å². The van der Waals surface area contributed by atoms with Crippen LogP contribution in [0, 0.1) is 0 Å². The average molecular weight is 193 g/mol. The van der Waals surface area contributed by atoms with Gasteiger partial charge in [-0.25, -0.2) is 0 Å². The number of aryl methyl sites for hydroxylation is 1. The van der Waals surface area contributed by atoms with E-state index in [1.807, 2.05) is 6.20 Å². The van der Waals surface area contributed by atoms with Crippen molar-refractivity contribution in [2.75, 3.05) is 6.54 Å². The predicted molar refractivity (Wildman–Crippen MR) is 57.1 cm³/mol. The molecule has 1 aliphatic heterocycles. The highest BCUT2D eigenvalue weighted by Gasteiger charge is 2.32. The monoisotopic (exact) mass is 193 g/mol. The first-order valence-corrected chi connectivity index (χ1v) is 5.53. The number of hydrogen-bond donors (Lipinski definition) is 1. The van der Waals surface area contributed by atoms with Crippen LogP contribution in [0.4, 0.5) is 0 Å². The Balaban J connectivity index is 2.25. The fourth-order valence-electron chi connectivity index (χ4n) is 2.30. The zero-order valence-corrected chi connectivity index (χ0v) is 9.08. The number of nitrogens with zero attached hydrogens (tertiary/aromatic N) is 2. The van der Waals surface area contributed by atoms with E-state index in [2.05, 4.69) is 35.0 Å². The Morgan fingerprint density at radius 1 is 1.64 bits per heavy atom. The van der Waals surface area contributed by atoms with Gasteiger partial charge in [-0.3, -0.25) is 4.68 Å². The molecule has 1 aliphatic rings. The van der Waals surface area contributed by atoms with E-state index in [9.17, 15) is 0 Å². The molecule has 0 radical (unpaired) electrons. The van der Waals surface area contributed by atoms with Crippen LogP contribution in [0.1, 0.15) is 38.8 Å². The maximum absolute atomic E-state index is 4.37. The molecule has 3 nitrogen and oxygen atoms in total. The van der Waals surface area contributed by atoms with E-state index in [-0.39, 0.29) is 5.54 Å². The molecule has 78 valence electrons. The Morgan fingerprint density at radius 2 is 2.50 bits per heavy atom. The minimum absolute atomic E-state index is 0.158. The standard InChI is InChI=1S/C11H19N3/c1-3-9-14-10(5-8-13-14)11(2)6-4-7-12-11/h5,8,12H,3-4,6-7,9H2,1-2H3. The summed E-state index contributed by atoms with van der Waals surface area (Å²) in [5.41, 5.74) is 1.50. The van der Waals surface area contributed by atoms with Crippen molar-refractivity contribution >= 4 is 0 Å². The molecule has 0 saturated carbocycles. The van der Waals surface area contributed by atoms with Crippen LogP contribution in [0.3, 0.4) is 0 Å². The van der Waals surface area contributed by atoms with Gasteiger partial charge in [0, 0.05) is 12.7 Å². The van der Waals surface area contributed by atoms with Crippen molar-refractivity contribution < 1.29 is 0 Å². The van der Waals surface area contributed by atoms with Gasteiger partial charge in [0.15, 0.2) is 0 Å². The van der Waals surface area contributed by atoms with Crippen molar-refractivity contribution in [1.82, 2.24) is 15.1 Å². The number of rotatable bonds is 3. The lowest BCUT2D eigenvalue weighted by molar-refractivity contribution is 0.386. The van der Waals surface area contributed by atoms with Gasteiger partial charge in [-0.1, -0.05) is 6.92 Å². The molecule has 0 amide bonds. The zero-order chi connectivity index (χ0) is 10.0. The summed E-state index contributed by atoms with van der Waals surface area (Å²) in [6, 6.07) is 2.15. The predicted octanol–water partition coefficient (Wildman–Crippen LogP) is 1.89. The molecule has 1 N–H and O–H groups in total. The average Bonchev–Trinajstić information content (AvgIpc) is 2.75. The molecule has 1 fully saturated rings. The first kappa shape index (κ1) is 9.71. The van der Waals surface area contributed by atoms with E-state index in [0.717, 1.165) is 19.5 Å². The molecule has 2 heterocycles. The number of aromatic nitrogens is 2. The van der Waals surface area contributed by atoms with Crippen LogP contribution in [0.5, 0.6) is 0 Å². The smallest absolute Gasteiger partial charge is 0.0582 e. The van der Waals surface area contributed by atoms with E-state index < -0.39 is 0 Å². The molecule has 0 spiro atoms. The molecule has 3 heteroatoms. The summed E-state index contributed by atoms with van der Waals surface area (Å²) in [6.07, 6.45) is 5.55. The van der Waals surface area contributed by atoms with Crippen LogP contribution in [0.25, 0.3) is 0 Å². The molecule has 0 aromatic carbocycles. The molecule has 0 aliphatic carbocycles. The third-order valence-corrected chi connectivity index (χ3v) is 3.09. The molecule has 1 unspecified atom stereocenters.